The van der Waals surface area contributed by atoms with Gasteiger partial charge in [0.1, 0.15) is 5.82 Å². The van der Waals surface area contributed by atoms with Crippen LogP contribution in [0.15, 0.2) is 47.3 Å². The molecule has 1 aromatic heterocycles. The third-order valence-corrected chi connectivity index (χ3v) is 5.08. The van der Waals surface area contributed by atoms with Crippen LogP contribution in [0.1, 0.15) is 19.4 Å². The molecular weight excluding hydrogens is 346 g/mol. The summed E-state index contributed by atoms with van der Waals surface area (Å²) < 4.78 is 1.78. The van der Waals surface area contributed by atoms with Crippen LogP contribution in [0.2, 0.25) is 5.02 Å². The zero-order chi connectivity index (χ0) is 18.7. The Bertz CT molecular complexity index is 959. The molecule has 0 unspecified atom stereocenters. The van der Waals surface area contributed by atoms with Gasteiger partial charge in [0.15, 0.2) is 0 Å². The van der Waals surface area contributed by atoms with Crippen LogP contribution in [0.4, 0.5) is 0 Å². The van der Waals surface area contributed by atoms with E-state index in [2.05, 4.69) is 18.7 Å². The zero-order valence-electron chi connectivity index (χ0n) is 15.5. The standard InChI is InChI=1S/C21H24ClN3O/c1-4-24(5-2)13-14-25-20(16-11-9-15(3)10-12-16)23-19-17(21(25)26)7-6-8-18(19)22/h6-12H,4-5,13-14H2,1-3H3. The van der Waals surface area contributed by atoms with Crippen molar-refractivity contribution in [2.75, 3.05) is 19.6 Å². The summed E-state index contributed by atoms with van der Waals surface area (Å²) in [6, 6.07) is 13.5. The minimum absolute atomic E-state index is 0.0415. The monoisotopic (exact) mass is 369 g/mol. The Kier molecular flexibility index (Phi) is 5.74. The van der Waals surface area contributed by atoms with Crippen molar-refractivity contribution in [3.63, 3.8) is 0 Å². The molecule has 0 spiro atoms. The van der Waals surface area contributed by atoms with Crippen LogP contribution in [-0.4, -0.2) is 34.1 Å². The van der Waals surface area contributed by atoms with Gasteiger partial charge in [-0.2, -0.15) is 0 Å². The quantitative estimate of drug-likeness (QED) is 0.647. The van der Waals surface area contributed by atoms with Gasteiger partial charge in [0.25, 0.3) is 5.56 Å². The molecule has 0 amide bonds. The second-order valence-corrected chi connectivity index (χ2v) is 6.83. The SMILES string of the molecule is CCN(CC)CCn1c(-c2ccc(C)cc2)nc2c(Cl)cccc2c1=O. The molecule has 3 aromatic rings. The second kappa shape index (κ2) is 8.02. The summed E-state index contributed by atoms with van der Waals surface area (Å²) >= 11 is 6.32. The lowest BCUT2D eigenvalue weighted by Gasteiger charge is -2.20. The fraction of sp³-hybridized carbons (Fsp3) is 0.333. The van der Waals surface area contributed by atoms with E-state index in [1.165, 1.54) is 5.56 Å². The summed E-state index contributed by atoms with van der Waals surface area (Å²) in [7, 11) is 0. The maximum absolute atomic E-state index is 13.2. The van der Waals surface area contributed by atoms with E-state index in [1.807, 2.05) is 31.2 Å². The first-order valence-corrected chi connectivity index (χ1v) is 9.41. The molecule has 136 valence electrons. The number of aromatic nitrogens is 2. The van der Waals surface area contributed by atoms with Crippen molar-refractivity contribution in [2.24, 2.45) is 0 Å². The molecule has 0 aliphatic rings. The molecule has 5 heteroatoms. The summed E-state index contributed by atoms with van der Waals surface area (Å²) in [4.78, 5) is 20.3. The first-order chi connectivity index (χ1) is 12.5. The van der Waals surface area contributed by atoms with Gasteiger partial charge in [-0.05, 0) is 32.1 Å². The minimum Gasteiger partial charge on any atom is -0.302 e. The van der Waals surface area contributed by atoms with Gasteiger partial charge in [0.2, 0.25) is 0 Å². The van der Waals surface area contributed by atoms with Crippen LogP contribution in [0.25, 0.3) is 22.3 Å². The van der Waals surface area contributed by atoms with Crippen LogP contribution in [0.3, 0.4) is 0 Å². The van der Waals surface area contributed by atoms with Crippen molar-refractivity contribution < 1.29 is 0 Å². The number of likely N-dealkylation sites (N-methyl/N-ethyl adjacent to an activating group) is 1. The van der Waals surface area contributed by atoms with Crippen molar-refractivity contribution in [3.05, 3.63) is 63.4 Å². The van der Waals surface area contributed by atoms with E-state index in [4.69, 9.17) is 16.6 Å². The van der Waals surface area contributed by atoms with Gasteiger partial charge in [-0.15, -0.1) is 0 Å². The van der Waals surface area contributed by atoms with Crippen LogP contribution >= 0.6 is 11.6 Å². The van der Waals surface area contributed by atoms with Crippen molar-refractivity contribution in [2.45, 2.75) is 27.3 Å². The third-order valence-electron chi connectivity index (χ3n) is 4.78. The fourth-order valence-corrected chi connectivity index (χ4v) is 3.34. The molecule has 0 aliphatic heterocycles. The van der Waals surface area contributed by atoms with E-state index >= 15 is 0 Å². The minimum atomic E-state index is -0.0415. The highest BCUT2D eigenvalue weighted by Gasteiger charge is 2.15. The first-order valence-electron chi connectivity index (χ1n) is 9.03. The number of hydrogen-bond acceptors (Lipinski definition) is 3. The van der Waals surface area contributed by atoms with E-state index in [0.717, 1.165) is 25.2 Å². The number of halogens is 1. The summed E-state index contributed by atoms with van der Waals surface area (Å²) in [6.45, 7) is 9.62. The Hall–Kier alpha value is -2.17. The van der Waals surface area contributed by atoms with Crippen molar-refractivity contribution in [3.8, 4) is 11.4 Å². The molecule has 2 aromatic carbocycles. The highest BCUT2D eigenvalue weighted by molar-refractivity contribution is 6.35. The Morgan fingerprint density at radius 2 is 1.77 bits per heavy atom. The normalized spacial score (nSPS) is 11.4. The van der Waals surface area contributed by atoms with Gasteiger partial charge >= 0.3 is 0 Å². The predicted octanol–water partition coefficient (Wildman–Crippen LogP) is 4.37. The number of rotatable bonds is 6. The van der Waals surface area contributed by atoms with E-state index in [1.54, 1.807) is 22.8 Å². The molecule has 26 heavy (non-hydrogen) atoms. The first kappa shape index (κ1) is 18.6. The van der Waals surface area contributed by atoms with Crippen molar-refractivity contribution in [1.82, 2.24) is 14.5 Å². The van der Waals surface area contributed by atoms with Crippen molar-refractivity contribution in [1.29, 1.82) is 0 Å². The summed E-state index contributed by atoms with van der Waals surface area (Å²) in [5.74, 6) is 0.669. The summed E-state index contributed by atoms with van der Waals surface area (Å²) in [6.07, 6.45) is 0. The van der Waals surface area contributed by atoms with Gasteiger partial charge in [0, 0.05) is 18.7 Å². The number of fused-ring (bicyclic) bond motifs is 1. The fourth-order valence-electron chi connectivity index (χ4n) is 3.12. The van der Waals surface area contributed by atoms with Gasteiger partial charge in [-0.25, -0.2) is 4.98 Å². The summed E-state index contributed by atoms with van der Waals surface area (Å²) in [5, 5.41) is 1.07. The molecule has 1 heterocycles. The molecule has 0 atom stereocenters. The molecule has 4 nitrogen and oxygen atoms in total. The van der Waals surface area contributed by atoms with Crippen LogP contribution in [-0.2, 0) is 6.54 Å². The molecule has 0 saturated carbocycles. The topological polar surface area (TPSA) is 38.1 Å². The van der Waals surface area contributed by atoms with E-state index in [0.29, 0.717) is 28.3 Å². The molecule has 0 aliphatic carbocycles. The highest BCUT2D eigenvalue weighted by atomic mass is 35.5. The maximum atomic E-state index is 13.2. The van der Waals surface area contributed by atoms with Gasteiger partial charge in [0.05, 0.1) is 15.9 Å². The van der Waals surface area contributed by atoms with Crippen molar-refractivity contribution >= 4 is 22.5 Å². The molecule has 3 rings (SSSR count). The Balaban J connectivity index is 2.18. The lowest BCUT2D eigenvalue weighted by Crippen LogP contribution is -2.32. The van der Waals surface area contributed by atoms with E-state index in [9.17, 15) is 4.79 Å². The number of benzene rings is 2. The van der Waals surface area contributed by atoms with Crippen LogP contribution in [0.5, 0.6) is 0 Å². The van der Waals surface area contributed by atoms with E-state index in [-0.39, 0.29) is 5.56 Å². The summed E-state index contributed by atoms with van der Waals surface area (Å²) in [5.41, 5.74) is 2.62. The van der Waals surface area contributed by atoms with Crippen LogP contribution in [0, 0.1) is 6.92 Å². The molecule has 0 fully saturated rings. The molecule has 0 saturated heterocycles. The van der Waals surface area contributed by atoms with Gasteiger partial charge in [-0.3, -0.25) is 9.36 Å². The number of aryl methyl sites for hydroxylation is 1. The second-order valence-electron chi connectivity index (χ2n) is 6.42. The van der Waals surface area contributed by atoms with E-state index < -0.39 is 0 Å². The molecule has 0 radical (unpaired) electrons. The highest BCUT2D eigenvalue weighted by Crippen LogP contribution is 2.24. The predicted molar refractivity (Wildman–Crippen MR) is 109 cm³/mol. The zero-order valence-corrected chi connectivity index (χ0v) is 16.3. The molecule has 0 bridgehead atoms. The Morgan fingerprint density at radius 1 is 1.08 bits per heavy atom. The average molecular weight is 370 g/mol. The van der Waals surface area contributed by atoms with Gasteiger partial charge < -0.3 is 4.90 Å². The number of para-hydroxylation sites is 1. The van der Waals surface area contributed by atoms with Crippen LogP contribution < -0.4 is 5.56 Å². The Morgan fingerprint density at radius 3 is 2.42 bits per heavy atom. The molecular formula is C21H24ClN3O. The number of nitrogens with zero attached hydrogens (tertiary/aromatic N) is 3. The maximum Gasteiger partial charge on any atom is 0.261 e. The Labute approximate surface area is 159 Å². The lowest BCUT2D eigenvalue weighted by atomic mass is 10.1. The number of hydrogen-bond donors (Lipinski definition) is 0. The smallest absolute Gasteiger partial charge is 0.261 e. The third kappa shape index (κ3) is 3.67. The largest absolute Gasteiger partial charge is 0.302 e. The molecule has 0 N–H and O–H groups in total. The lowest BCUT2D eigenvalue weighted by molar-refractivity contribution is 0.289. The average Bonchev–Trinajstić information content (AvgIpc) is 2.65. The van der Waals surface area contributed by atoms with Gasteiger partial charge in [-0.1, -0.05) is 61.3 Å².